The van der Waals surface area contributed by atoms with Gasteiger partial charge in [-0.2, -0.15) is 4.31 Å². The number of rotatable bonds is 5. The van der Waals surface area contributed by atoms with Gasteiger partial charge in [0.05, 0.1) is 5.25 Å². The van der Waals surface area contributed by atoms with Crippen molar-refractivity contribution in [3.05, 3.63) is 0 Å². The summed E-state index contributed by atoms with van der Waals surface area (Å²) in [5.74, 6) is -1.13. The third kappa shape index (κ3) is 3.65. The Bertz CT molecular complexity index is 359. The molecule has 1 fully saturated rings. The first-order chi connectivity index (χ1) is 7.85. The average Bonchev–Trinajstić information content (AvgIpc) is 2.26. The number of carboxylic acid groups (broad SMARTS) is 1. The summed E-state index contributed by atoms with van der Waals surface area (Å²) in [7, 11) is -3.55. The summed E-state index contributed by atoms with van der Waals surface area (Å²) in [5.41, 5.74) is 0. The van der Waals surface area contributed by atoms with Gasteiger partial charge in [-0.1, -0.05) is 0 Å². The van der Waals surface area contributed by atoms with E-state index in [4.69, 9.17) is 9.84 Å². The number of ether oxygens (including phenoxy) is 1. The van der Waals surface area contributed by atoms with E-state index < -0.39 is 27.8 Å². The highest BCUT2D eigenvalue weighted by Gasteiger charge is 2.35. The van der Waals surface area contributed by atoms with Gasteiger partial charge in [-0.05, 0) is 26.7 Å². The van der Waals surface area contributed by atoms with Gasteiger partial charge in [0.25, 0.3) is 0 Å². The van der Waals surface area contributed by atoms with Crippen molar-refractivity contribution in [3.8, 4) is 0 Å². The number of nitrogens with zero attached hydrogens (tertiary/aromatic N) is 1. The molecule has 1 aliphatic heterocycles. The lowest BCUT2D eigenvalue weighted by Crippen LogP contribution is -2.46. The van der Waals surface area contributed by atoms with Gasteiger partial charge >= 0.3 is 5.97 Å². The number of aliphatic carboxylic acids is 1. The molecular formula is C10H19NO5S. The van der Waals surface area contributed by atoms with Crippen LogP contribution in [-0.2, 0) is 19.6 Å². The molecule has 1 heterocycles. The fourth-order valence-corrected chi connectivity index (χ4v) is 3.91. The molecule has 0 spiro atoms. The van der Waals surface area contributed by atoms with Gasteiger partial charge in [-0.3, -0.25) is 4.79 Å². The minimum atomic E-state index is -3.55. The van der Waals surface area contributed by atoms with Crippen molar-refractivity contribution in [1.82, 2.24) is 4.31 Å². The third-order valence-corrected chi connectivity index (χ3v) is 5.30. The molecule has 0 aromatic rings. The summed E-state index contributed by atoms with van der Waals surface area (Å²) < 4.78 is 30.7. The Kier molecular flexibility index (Phi) is 4.91. The van der Waals surface area contributed by atoms with E-state index in [0.717, 1.165) is 4.31 Å². The van der Waals surface area contributed by atoms with Crippen molar-refractivity contribution in [3.63, 3.8) is 0 Å². The zero-order valence-electron chi connectivity index (χ0n) is 10.1. The molecule has 0 aromatic carbocycles. The van der Waals surface area contributed by atoms with Crippen LogP contribution >= 0.6 is 0 Å². The van der Waals surface area contributed by atoms with Gasteiger partial charge in [-0.15, -0.1) is 0 Å². The second-order valence-corrected chi connectivity index (χ2v) is 6.56. The van der Waals surface area contributed by atoms with Crippen molar-refractivity contribution in [2.75, 3.05) is 19.8 Å². The Morgan fingerprint density at radius 3 is 2.35 bits per heavy atom. The largest absolute Gasteiger partial charge is 0.480 e. The van der Waals surface area contributed by atoms with E-state index >= 15 is 0 Å². The van der Waals surface area contributed by atoms with Gasteiger partial charge in [0.1, 0.15) is 6.54 Å². The van der Waals surface area contributed by atoms with Crippen molar-refractivity contribution < 1.29 is 23.1 Å². The van der Waals surface area contributed by atoms with Crippen LogP contribution in [0.2, 0.25) is 0 Å². The predicted molar refractivity (Wildman–Crippen MR) is 62.2 cm³/mol. The third-order valence-electron chi connectivity index (χ3n) is 2.78. The molecule has 0 amide bonds. The van der Waals surface area contributed by atoms with Crippen molar-refractivity contribution >= 4 is 16.0 Å². The first-order valence-corrected chi connectivity index (χ1v) is 7.16. The molecule has 1 rings (SSSR count). The fourth-order valence-electron chi connectivity index (χ4n) is 1.87. The fraction of sp³-hybridized carbons (Fsp3) is 0.900. The Hall–Kier alpha value is -0.660. The van der Waals surface area contributed by atoms with E-state index in [1.54, 1.807) is 13.8 Å². The standard InChI is InChI=1S/C10H19NO5S/c1-8(2)11(7-10(12)13)17(14,15)9-3-5-16-6-4-9/h8-9H,3-7H2,1-2H3,(H,12,13). The second kappa shape index (κ2) is 5.79. The summed E-state index contributed by atoms with van der Waals surface area (Å²) in [6, 6.07) is -0.348. The molecule has 0 aliphatic carbocycles. The molecule has 0 radical (unpaired) electrons. The molecule has 0 unspecified atom stereocenters. The second-order valence-electron chi connectivity index (χ2n) is 4.39. The number of hydrogen-bond acceptors (Lipinski definition) is 4. The van der Waals surface area contributed by atoms with Gasteiger partial charge in [0.15, 0.2) is 0 Å². The summed E-state index contributed by atoms with van der Waals surface area (Å²) in [4.78, 5) is 10.7. The van der Waals surface area contributed by atoms with E-state index in [1.165, 1.54) is 0 Å². The quantitative estimate of drug-likeness (QED) is 0.772. The van der Waals surface area contributed by atoms with Gasteiger partial charge in [0.2, 0.25) is 10.0 Å². The van der Waals surface area contributed by atoms with E-state index in [-0.39, 0.29) is 6.04 Å². The maximum Gasteiger partial charge on any atom is 0.318 e. The Morgan fingerprint density at radius 2 is 1.94 bits per heavy atom. The molecule has 1 aliphatic rings. The maximum atomic E-state index is 12.3. The zero-order chi connectivity index (χ0) is 13.1. The van der Waals surface area contributed by atoms with Gasteiger partial charge in [0, 0.05) is 19.3 Å². The monoisotopic (exact) mass is 265 g/mol. The van der Waals surface area contributed by atoms with E-state index in [2.05, 4.69) is 0 Å². The van der Waals surface area contributed by atoms with Crippen molar-refractivity contribution in [2.24, 2.45) is 0 Å². The van der Waals surface area contributed by atoms with Crippen LogP contribution in [0, 0.1) is 0 Å². The summed E-state index contributed by atoms with van der Waals surface area (Å²) >= 11 is 0. The Balaban J connectivity index is 2.86. The number of carbonyl (C=O) groups is 1. The SMILES string of the molecule is CC(C)N(CC(=O)O)S(=O)(=O)C1CCOCC1. The first-order valence-electron chi connectivity index (χ1n) is 5.66. The Morgan fingerprint density at radius 1 is 1.41 bits per heavy atom. The van der Waals surface area contributed by atoms with Gasteiger partial charge < -0.3 is 9.84 Å². The van der Waals surface area contributed by atoms with Crippen LogP contribution in [0.5, 0.6) is 0 Å². The smallest absolute Gasteiger partial charge is 0.318 e. The topological polar surface area (TPSA) is 83.9 Å². The first kappa shape index (κ1) is 14.4. The van der Waals surface area contributed by atoms with Crippen molar-refractivity contribution in [2.45, 2.75) is 38.0 Å². The molecule has 6 nitrogen and oxygen atoms in total. The molecule has 0 aromatic heterocycles. The van der Waals surface area contributed by atoms with Crippen LogP contribution in [-0.4, -0.2) is 54.8 Å². The number of sulfonamides is 1. The minimum Gasteiger partial charge on any atom is -0.480 e. The molecule has 1 saturated heterocycles. The maximum absolute atomic E-state index is 12.3. The van der Waals surface area contributed by atoms with Crippen molar-refractivity contribution in [1.29, 1.82) is 0 Å². The molecule has 17 heavy (non-hydrogen) atoms. The van der Waals surface area contributed by atoms with Crippen LogP contribution in [0.4, 0.5) is 0 Å². The van der Waals surface area contributed by atoms with E-state index in [9.17, 15) is 13.2 Å². The van der Waals surface area contributed by atoms with Crippen LogP contribution in [0.3, 0.4) is 0 Å². The highest BCUT2D eigenvalue weighted by atomic mass is 32.2. The molecular weight excluding hydrogens is 246 g/mol. The number of hydrogen-bond donors (Lipinski definition) is 1. The van der Waals surface area contributed by atoms with Crippen LogP contribution in [0.25, 0.3) is 0 Å². The average molecular weight is 265 g/mol. The molecule has 0 bridgehead atoms. The lowest BCUT2D eigenvalue weighted by Gasteiger charge is -2.31. The van der Waals surface area contributed by atoms with Gasteiger partial charge in [-0.25, -0.2) is 8.42 Å². The normalized spacial score (nSPS) is 18.8. The van der Waals surface area contributed by atoms with Crippen LogP contribution < -0.4 is 0 Å². The summed E-state index contributed by atoms with van der Waals surface area (Å²) in [6.45, 7) is 3.72. The zero-order valence-corrected chi connectivity index (χ0v) is 10.9. The molecule has 0 atom stereocenters. The minimum absolute atomic E-state index is 0.348. The van der Waals surface area contributed by atoms with E-state index in [0.29, 0.717) is 26.1 Å². The predicted octanol–water partition coefficient (Wildman–Crippen LogP) is 0.290. The highest BCUT2D eigenvalue weighted by Crippen LogP contribution is 2.21. The number of carboxylic acids is 1. The summed E-state index contributed by atoms with van der Waals surface area (Å²) in [5, 5.41) is 8.25. The van der Waals surface area contributed by atoms with E-state index in [1.807, 2.05) is 0 Å². The van der Waals surface area contributed by atoms with Crippen LogP contribution in [0.15, 0.2) is 0 Å². The lowest BCUT2D eigenvalue weighted by atomic mass is 10.2. The lowest BCUT2D eigenvalue weighted by molar-refractivity contribution is -0.137. The summed E-state index contributed by atoms with van der Waals surface area (Å²) in [6.07, 6.45) is 0.871. The molecule has 1 N–H and O–H groups in total. The highest BCUT2D eigenvalue weighted by molar-refractivity contribution is 7.89. The molecule has 0 saturated carbocycles. The Labute approximate surface area is 102 Å². The molecule has 7 heteroatoms. The van der Waals surface area contributed by atoms with Crippen LogP contribution in [0.1, 0.15) is 26.7 Å². The molecule has 100 valence electrons.